The first kappa shape index (κ1) is 23.5. The number of fused-ring (bicyclic) bond motifs is 1. The van der Waals surface area contributed by atoms with E-state index in [1.54, 1.807) is 7.41 Å². The Bertz CT molecular complexity index is 478. The van der Waals surface area contributed by atoms with Gasteiger partial charge in [0.1, 0.15) is 18.3 Å². The van der Waals surface area contributed by atoms with Crippen LogP contribution in [0.5, 0.6) is 0 Å². The largest absolute Gasteiger partial charge is 0.414 e. The monoisotopic (exact) mass is 416 g/mol. The molecule has 0 bridgehead atoms. The first-order valence-corrected chi connectivity index (χ1v) is 14.3. The first-order chi connectivity index (χ1) is 12.5. The summed E-state index contributed by atoms with van der Waals surface area (Å²) < 4.78 is 26.7. The van der Waals surface area contributed by atoms with Gasteiger partial charge in [-0.05, 0) is 29.2 Å². The summed E-state index contributed by atoms with van der Waals surface area (Å²) in [7, 11) is -1.66. The van der Waals surface area contributed by atoms with E-state index in [1.165, 1.54) is 0 Å². The molecule has 1 unspecified atom stereocenters. The Morgan fingerprint density at radius 1 is 0.926 bits per heavy atom. The van der Waals surface area contributed by atoms with Crippen molar-refractivity contribution in [1.29, 1.82) is 0 Å². The predicted octanol–water partition coefficient (Wildman–Crippen LogP) is 2.87. The summed E-state index contributed by atoms with van der Waals surface area (Å²) in [4.78, 5) is 0. The molecule has 0 amide bonds. The lowest BCUT2D eigenvalue weighted by Gasteiger charge is -2.51. The Balaban J connectivity index is 2.50. The Hall–Kier alpha value is 0.259. The van der Waals surface area contributed by atoms with E-state index >= 15 is 0 Å². The van der Waals surface area contributed by atoms with E-state index in [1.807, 2.05) is 7.05 Å². The summed E-state index contributed by atoms with van der Waals surface area (Å²) in [6.07, 6.45) is -1.44. The van der Waals surface area contributed by atoms with Crippen molar-refractivity contribution in [2.75, 3.05) is 13.7 Å². The van der Waals surface area contributed by atoms with Crippen LogP contribution in [-0.2, 0) is 17.7 Å². The van der Waals surface area contributed by atoms with Gasteiger partial charge in [-0.1, -0.05) is 55.4 Å². The van der Waals surface area contributed by atoms with E-state index in [2.05, 4.69) is 60.6 Å². The average molecular weight is 416 g/mol. The molecule has 0 aliphatic carbocycles. The van der Waals surface area contributed by atoms with Crippen LogP contribution in [0.4, 0.5) is 0 Å². The molecule has 2 aliphatic heterocycles. The SMILES string of the molecule is CN[B][C@@H]1O[C@H]2CO[Si](C(C)C)(C(C)C)O[Si](C(C)C)(C(C)C)O[C@@H]2C1O. The van der Waals surface area contributed by atoms with Gasteiger partial charge in [0.25, 0.3) is 0 Å². The molecule has 0 spiro atoms. The summed E-state index contributed by atoms with van der Waals surface area (Å²) in [6.45, 7) is 17.9. The van der Waals surface area contributed by atoms with Crippen LogP contribution >= 0.6 is 0 Å². The number of nitrogens with one attached hydrogen (secondary N) is 1. The molecule has 9 heteroatoms. The Morgan fingerprint density at radius 2 is 1.44 bits per heavy atom. The molecule has 27 heavy (non-hydrogen) atoms. The number of hydrogen-bond donors (Lipinski definition) is 2. The lowest BCUT2D eigenvalue weighted by atomic mass is 9.81. The fourth-order valence-electron chi connectivity index (χ4n) is 4.49. The van der Waals surface area contributed by atoms with Crippen LogP contribution in [-0.4, -0.2) is 67.6 Å². The van der Waals surface area contributed by atoms with E-state index in [9.17, 15) is 5.11 Å². The minimum atomic E-state index is -2.70. The van der Waals surface area contributed by atoms with Gasteiger partial charge in [-0.15, -0.1) is 0 Å². The van der Waals surface area contributed by atoms with Gasteiger partial charge in [0.15, 0.2) is 0 Å². The molecule has 0 saturated carbocycles. The normalized spacial score (nSPS) is 33.4. The molecule has 0 aromatic rings. The Morgan fingerprint density at radius 3 is 1.89 bits per heavy atom. The summed E-state index contributed by atoms with van der Waals surface area (Å²) >= 11 is 0. The van der Waals surface area contributed by atoms with E-state index in [0.717, 1.165) is 0 Å². The maximum atomic E-state index is 10.9. The second-order valence-electron chi connectivity index (χ2n) is 9.14. The molecular weight excluding hydrogens is 377 g/mol. The molecular formula is C18H39BNO5Si2. The van der Waals surface area contributed by atoms with E-state index in [0.29, 0.717) is 17.7 Å². The Labute approximate surface area is 168 Å². The minimum Gasteiger partial charge on any atom is -0.414 e. The Kier molecular flexibility index (Phi) is 7.80. The molecule has 0 aromatic carbocycles. The zero-order chi connectivity index (χ0) is 20.6. The molecule has 2 N–H and O–H groups in total. The standard InChI is InChI=1S/C18H39BNO5Si2/c1-11(2)26(12(3)4)22-10-15-17(16(21)18(23-15)19-20-9)24-27(25-26,13(5)6)14(7)8/h11-18,20-21H,10H2,1-9H3/t15-,16?,17-,18+/m0/s1. The molecule has 2 fully saturated rings. The highest BCUT2D eigenvalue weighted by molar-refractivity contribution is 6.84. The fraction of sp³-hybridized carbons (Fsp3) is 1.00. The number of hydrogen-bond acceptors (Lipinski definition) is 6. The second kappa shape index (κ2) is 8.95. The molecule has 6 nitrogen and oxygen atoms in total. The predicted molar refractivity (Wildman–Crippen MR) is 113 cm³/mol. The highest BCUT2D eigenvalue weighted by atomic mass is 28.5. The average Bonchev–Trinajstić information content (AvgIpc) is 2.82. The van der Waals surface area contributed by atoms with Gasteiger partial charge in [0, 0.05) is 0 Å². The van der Waals surface area contributed by atoms with Gasteiger partial charge < -0.3 is 28.0 Å². The summed E-state index contributed by atoms with van der Waals surface area (Å²) in [6, 6.07) is -0.410. The van der Waals surface area contributed by atoms with Gasteiger partial charge in [-0.25, -0.2) is 0 Å². The zero-order valence-corrected chi connectivity index (χ0v) is 20.5. The van der Waals surface area contributed by atoms with Crippen LogP contribution in [0.3, 0.4) is 0 Å². The molecule has 1 radical (unpaired) electrons. The van der Waals surface area contributed by atoms with Gasteiger partial charge in [0.05, 0.1) is 12.6 Å². The van der Waals surface area contributed by atoms with Crippen molar-refractivity contribution in [3.05, 3.63) is 0 Å². The minimum absolute atomic E-state index is 0.240. The third-order valence-corrected chi connectivity index (χ3v) is 16.3. The number of ether oxygens (including phenoxy) is 1. The van der Waals surface area contributed by atoms with Crippen molar-refractivity contribution in [2.24, 2.45) is 0 Å². The lowest BCUT2D eigenvalue weighted by Crippen LogP contribution is -2.65. The topological polar surface area (TPSA) is 69.2 Å². The van der Waals surface area contributed by atoms with Crippen molar-refractivity contribution in [1.82, 2.24) is 5.23 Å². The zero-order valence-electron chi connectivity index (χ0n) is 18.5. The summed E-state index contributed by atoms with van der Waals surface area (Å²) in [5.41, 5.74) is 1.08. The van der Waals surface area contributed by atoms with E-state index < -0.39 is 35.3 Å². The molecule has 2 heterocycles. The van der Waals surface area contributed by atoms with Crippen LogP contribution < -0.4 is 5.23 Å². The summed E-state index contributed by atoms with van der Waals surface area (Å²) in [5, 5.41) is 13.9. The van der Waals surface area contributed by atoms with Crippen molar-refractivity contribution < 1.29 is 22.8 Å². The van der Waals surface area contributed by atoms with Gasteiger partial charge in [-0.3, -0.25) is 0 Å². The summed E-state index contributed by atoms with van der Waals surface area (Å²) in [5.74, 6) is 0. The highest BCUT2D eigenvalue weighted by Crippen LogP contribution is 2.47. The maximum Gasteiger partial charge on any atom is 0.335 e. The number of aliphatic hydroxyl groups is 1. The van der Waals surface area contributed by atoms with Crippen LogP contribution in [0.1, 0.15) is 55.4 Å². The van der Waals surface area contributed by atoms with Gasteiger partial charge in [0.2, 0.25) is 7.41 Å². The smallest absolute Gasteiger partial charge is 0.335 e. The van der Waals surface area contributed by atoms with Crippen molar-refractivity contribution >= 4 is 24.5 Å². The molecule has 0 aromatic heterocycles. The third-order valence-electron chi connectivity index (χ3n) is 6.03. The van der Waals surface area contributed by atoms with E-state index in [-0.39, 0.29) is 17.2 Å². The quantitative estimate of drug-likeness (QED) is 0.649. The van der Waals surface area contributed by atoms with Crippen LogP contribution in [0, 0.1) is 0 Å². The third kappa shape index (κ3) is 4.26. The molecule has 2 rings (SSSR count). The molecule has 157 valence electrons. The maximum absolute atomic E-state index is 10.9. The molecule has 2 saturated heterocycles. The molecule has 2 aliphatic rings. The van der Waals surface area contributed by atoms with Gasteiger partial charge in [-0.2, -0.15) is 0 Å². The second-order valence-corrected chi connectivity index (χ2v) is 18.0. The van der Waals surface area contributed by atoms with Crippen molar-refractivity contribution in [3.8, 4) is 0 Å². The van der Waals surface area contributed by atoms with Crippen molar-refractivity contribution in [2.45, 2.75) is 102 Å². The molecule has 4 atom stereocenters. The lowest BCUT2D eigenvalue weighted by molar-refractivity contribution is -0.0321. The van der Waals surface area contributed by atoms with Crippen molar-refractivity contribution in [3.63, 3.8) is 0 Å². The van der Waals surface area contributed by atoms with Crippen LogP contribution in [0.15, 0.2) is 0 Å². The van der Waals surface area contributed by atoms with E-state index in [4.69, 9.17) is 17.7 Å². The number of rotatable bonds is 6. The van der Waals surface area contributed by atoms with Crippen LogP contribution in [0.2, 0.25) is 22.2 Å². The number of aliphatic hydroxyl groups excluding tert-OH is 1. The van der Waals surface area contributed by atoms with Crippen LogP contribution in [0.25, 0.3) is 0 Å². The first-order valence-electron chi connectivity index (χ1n) is 10.4. The van der Waals surface area contributed by atoms with Gasteiger partial charge >= 0.3 is 17.1 Å². The highest BCUT2D eigenvalue weighted by Gasteiger charge is 2.61. The fourth-order valence-corrected chi connectivity index (χ4v) is 15.7.